The molecule has 50 valence electrons. The predicted molar refractivity (Wildman–Crippen MR) is 37.0 cm³/mol. The molecule has 0 bridgehead atoms. The van der Waals surface area contributed by atoms with E-state index in [1.165, 1.54) is 6.20 Å². The van der Waals surface area contributed by atoms with Crippen molar-refractivity contribution in [3.63, 3.8) is 0 Å². The average Bonchev–Trinajstić information content (AvgIpc) is 1.94. The van der Waals surface area contributed by atoms with Gasteiger partial charge in [-0.05, 0) is 12.4 Å². The molecule has 1 aromatic heterocycles. The minimum absolute atomic E-state index is 0. The van der Waals surface area contributed by atoms with Crippen LogP contribution < -0.4 is 51.4 Å². The van der Waals surface area contributed by atoms with E-state index in [0.717, 1.165) is 5.69 Å². The normalized spacial score (nSPS) is 6.70. The van der Waals surface area contributed by atoms with Crippen molar-refractivity contribution >= 4 is 0 Å². The van der Waals surface area contributed by atoms with Crippen molar-refractivity contribution in [3.05, 3.63) is 24.3 Å². The molecule has 0 unspecified atom stereocenters. The summed E-state index contributed by atoms with van der Waals surface area (Å²) in [5.74, 6) is 0. The van der Waals surface area contributed by atoms with Crippen LogP contribution in [0.15, 0.2) is 12.4 Å². The third-order valence-corrected chi connectivity index (χ3v) is 0.635. The molecule has 0 fully saturated rings. The summed E-state index contributed by atoms with van der Waals surface area (Å²) >= 11 is 0. The fourth-order valence-corrected chi connectivity index (χ4v) is 0.338. The van der Waals surface area contributed by atoms with Gasteiger partial charge in [-0.15, -0.1) is 6.20 Å². The molecule has 0 atom stereocenters. The minimum Gasteiger partial charge on any atom is -0.453 e. The maximum absolute atomic E-state index is 3.79. The van der Waals surface area contributed by atoms with Gasteiger partial charge >= 0.3 is 51.4 Å². The molecule has 0 radical (unpaired) electrons. The van der Waals surface area contributed by atoms with Crippen LogP contribution in [0.4, 0.5) is 0 Å². The van der Waals surface area contributed by atoms with E-state index in [4.69, 9.17) is 0 Å². The molecule has 0 saturated carbocycles. The van der Waals surface area contributed by atoms with Gasteiger partial charge in [0.2, 0.25) is 0 Å². The fraction of sp³-hybridized carbons (Fsp3) is 0.429. The van der Waals surface area contributed by atoms with Crippen LogP contribution in [0.25, 0.3) is 0 Å². The standard InChI is InChI=1S/C5H5N2.C2H6.K/c1-5-4-6-2-3-7-5;1-2;/h2,4H,1H3;1-2H3;/q-1;;+1. The van der Waals surface area contributed by atoms with Gasteiger partial charge in [-0.25, -0.2) is 0 Å². The summed E-state index contributed by atoms with van der Waals surface area (Å²) in [5, 5.41) is 0. The van der Waals surface area contributed by atoms with Gasteiger partial charge in [0.1, 0.15) is 0 Å². The number of hydrogen-bond acceptors (Lipinski definition) is 2. The number of nitrogens with zero attached hydrogens (tertiary/aromatic N) is 2. The van der Waals surface area contributed by atoms with Crippen molar-refractivity contribution in [2.45, 2.75) is 20.8 Å². The predicted octanol–water partition coefficient (Wildman–Crippen LogP) is -1.38. The molecular weight excluding hydrogens is 151 g/mol. The third-order valence-electron chi connectivity index (χ3n) is 0.635. The third kappa shape index (κ3) is 6.83. The Morgan fingerprint density at radius 3 is 2.20 bits per heavy atom. The molecule has 1 heterocycles. The summed E-state index contributed by atoms with van der Waals surface area (Å²) in [6.07, 6.45) is 5.83. The van der Waals surface area contributed by atoms with Gasteiger partial charge in [-0.2, -0.15) is 0 Å². The van der Waals surface area contributed by atoms with E-state index >= 15 is 0 Å². The Morgan fingerprint density at radius 2 is 2.00 bits per heavy atom. The Bertz CT molecular complexity index is 142. The Kier molecular flexibility index (Phi) is 12.9. The van der Waals surface area contributed by atoms with E-state index in [2.05, 4.69) is 16.2 Å². The van der Waals surface area contributed by atoms with Gasteiger partial charge in [0.05, 0.1) is 0 Å². The second-order valence-corrected chi connectivity index (χ2v) is 1.29. The van der Waals surface area contributed by atoms with Gasteiger partial charge in [0.15, 0.2) is 0 Å². The Morgan fingerprint density at radius 1 is 1.40 bits per heavy atom. The van der Waals surface area contributed by atoms with E-state index in [1.54, 1.807) is 6.20 Å². The topological polar surface area (TPSA) is 25.8 Å². The molecule has 0 aliphatic rings. The number of rotatable bonds is 0. The molecule has 0 amide bonds. The largest absolute Gasteiger partial charge is 1.00 e. The molecule has 0 spiro atoms. The van der Waals surface area contributed by atoms with Crippen molar-refractivity contribution in [2.24, 2.45) is 0 Å². The summed E-state index contributed by atoms with van der Waals surface area (Å²) < 4.78 is 0. The molecular formula is C7H11KN2. The minimum atomic E-state index is 0. The Hall–Kier alpha value is 0.716. The summed E-state index contributed by atoms with van der Waals surface area (Å²) in [5.41, 5.74) is 0.905. The molecule has 0 aliphatic heterocycles. The van der Waals surface area contributed by atoms with Crippen molar-refractivity contribution in [1.82, 2.24) is 9.97 Å². The molecule has 1 aromatic rings. The first-order chi connectivity index (χ1) is 4.39. The zero-order chi connectivity index (χ0) is 7.11. The van der Waals surface area contributed by atoms with Crippen molar-refractivity contribution in [1.29, 1.82) is 0 Å². The zero-order valence-corrected chi connectivity index (χ0v) is 10.2. The summed E-state index contributed by atoms with van der Waals surface area (Å²) in [6.45, 7) is 5.88. The molecule has 10 heavy (non-hydrogen) atoms. The molecule has 3 heteroatoms. The van der Waals surface area contributed by atoms with E-state index in [0.29, 0.717) is 0 Å². The maximum Gasteiger partial charge on any atom is 1.00 e. The van der Waals surface area contributed by atoms with Crippen LogP contribution in [-0.4, -0.2) is 9.97 Å². The molecule has 0 aromatic carbocycles. The van der Waals surface area contributed by atoms with E-state index in [1.807, 2.05) is 20.8 Å². The molecule has 0 N–H and O–H groups in total. The molecule has 0 aliphatic carbocycles. The SMILES string of the molecule is CC.Cc1cnc[c-]n1.[K+]. The van der Waals surface area contributed by atoms with Crippen molar-refractivity contribution in [3.8, 4) is 0 Å². The van der Waals surface area contributed by atoms with Crippen LogP contribution in [0.2, 0.25) is 0 Å². The fourth-order valence-electron chi connectivity index (χ4n) is 0.338. The number of aromatic nitrogens is 2. The molecule has 0 saturated heterocycles. The average molecular weight is 162 g/mol. The number of aryl methyl sites for hydroxylation is 1. The maximum atomic E-state index is 3.79. The van der Waals surface area contributed by atoms with Crippen LogP contribution in [-0.2, 0) is 0 Å². The Labute approximate surface area is 105 Å². The molecule has 2 nitrogen and oxygen atoms in total. The smallest absolute Gasteiger partial charge is 0.453 e. The van der Waals surface area contributed by atoms with Crippen molar-refractivity contribution in [2.75, 3.05) is 0 Å². The van der Waals surface area contributed by atoms with E-state index < -0.39 is 0 Å². The van der Waals surface area contributed by atoms with Crippen LogP contribution in [0.5, 0.6) is 0 Å². The van der Waals surface area contributed by atoms with Gasteiger partial charge in [-0.3, -0.25) is 0 Å². The number of hydrogen-bond donors (Lipinski definition) is 0. The summed E-state index contributed by atoms with van der Waals surface area (Å²) in [4.78, 5) is 7.56. The van der Waals surface area contributed by atoms with Crippen molar-refractivity contribution < 1.29 is 51.4 Å². The second-order valence-electron chi connectivity index (χ2n) is 1.29. The van der Waals surface area contributed by atoms with Crippen LogP contribution in [0.1, 0.15) is 19.5 Å². The summed E-state index contributed by atoms with van der Waals surface area (Å²) in [6, 6.07) is 0. The van der Waals surface area contributed by atoms with Gasteiger partial charge in [0.25, 0.3) is 0 Å². The first-order valence-electron chi connectivity index (χ1n) is 3.04. The van der Waals surface area contributed by atoms with Crippen LogP contribution in [0.3, 0.4) is 0 Å². The van der Waals surface area contributed by atoms with Crippen LogP contribution in [0, 0.1) is 13.1 Å². The zero-order valence-electron chi connectivity index (χ0n) is 7.05. The monoisotopic (exact) mass is 162 g/mol. The van der Waals surface area contributed by atoms with E-state index in [-0.39, 0.29) is 51.4 Å². The van der Waals surface area contributed by atoms with Crippen LogP contribution >= 0.6 is 0 Å². The van der Waals surface area contributed by atoms with Gasteiger partial charge < -0.3 is 9.97 Å². The first kappa shape index (κ1) is 13.3. The first-order valence-corrected chi connectivity index (χ1v) is 3.04. The second kappa shape index (κ2) is 9.72. The molecule has 1 rings (SSSR count). The van der Waals surface area contributed by atoms with E-state index in [9.17, 15) is 0 Å². The quantitative estimate of drug-likeness (QED) is 0.347. The summed E-state index contributed by atoms with van der Waals surface area (Å²) in [7, 11) is 0. The Balaban J connectivity index is 0. The van der Waals surface area contributed by atoms with Gasteiger partial charge in [0, 0.05) is 0 Å². The van der Waals surface area contributed by atoms with Gasteiger partial charge in [-0.1, -0.05) is 26.5 Å².